The first-order chi connectivity index (χ1) is 10.0. The molecule has 0 bridgehead atoms. The fourth-order valence-corrected chi connectivity index (χ4v) is 1.98. The number of nitrogens with two attached hydrogens (primary N) is 1. The summed E-state index contributed by atoms with van der Waals surface area (Å²) in [5.41, 5.74) is 4.65. The number of ether oxygens (including phenoxy) is 2. The van der Waals surface area contributed by atoms with Gasteiger partial charge in [0.15, 0.2) is 11.5 Å². The van der Waals surface area contributed by atoms with E-state index in [0.29, 0.717) is 24.1 Å². The summed E-state index contributed by atoms with van der Waals surface area (Å²) in [7, 11) is 0. The second-order valence-corrected chi connectivity index (χ2v) is 5.70. The van der Waals surface area contributed by atoms with Crippen LogP contribution >= 0.6 is 0 Å². The molecule has 0 radical (unpaired) electrons. The first-order valence-electron chi connectivity index (χ1n) is 7.47. The lowest BCUT2D eigenvalue weighted by atomic mass is 10.0. The molecule has 0 heterocycles. The number of carbonyl (C=O) groups excluding carboxylic acids is 1. The predicted molar refractivity (Wildman–Crippen MR) is 81.5 cm³/mol. The maximum atomic E-state index is 11.7. The maximum absolute atomic E-state index is 11.7. The standard InChI is InChI=1S/C16H24N2O3/c1-3-10-20-13-6-4-5-7-14(13)21-11-16(2,15(17)19)18-12-8-9-12/h4-7,12,18H,3,8-11H2,1-2H3,(H2,17,19). The van der Waals surface area contributed by atoms with Gasteiger partial charge in [-0.3, -0.25) is 10.1 Å². The van der Waals surface area contributed by atoms with E-state index in [0.717, 1.165) is 19.3 Å². The van der Waals surface area contributed by atoms with Crippen LogP contribution in [0.25, 0.3) is 0 Å². The lowest BCUT2D eigenvalue weighted by Crippen LogP contribution is -2.57. The summed E-state index contributed by atoms with van der Waals surface area (Å²) in [4.78, 5) is 11.7. The van der Waals surface area contributed by atoms with E-state index in [-0.39, 0.29) is 6.61 Å². The van der Waals surface area contributed by atoms with Crippen molar-refractivity contribution in [1.82, 2.24) is 5.32 Å². The lowest BCUT2D eigenvalue weighted by molar-refractivity contribution is -0.125. The minimum atomic E-state index is -0.862. The topological polar surface area (TPSA) is 73.6 Å². The van der Waals surface area contributed by atoms with Crippen LogP contribution in [-0.2, 0) is 4.79 Å². The molecule has 1 aliphatic carbocycles. The Morgan fingerprint density at radius 3 is 2.48 bits per heavy atom. The highest BCUT2D eigenvalue weighted by molar-refractivity contribution is 5.84. The molecule has 0 aliphatic heterocycles. The van der Waals surface area contributed by atoms with Gasteiger partial charge in [0.1, 0.15) is 12.1 Å². The van der Waals surface area contributed by atoms with Crippen LogP contribution in [0.4, 0.5) is 0 Å². The molecule has 1 atom stereocenters. The third-order valence-electron chi connectivity index (χ3n) is 3.47. The Kier molecular flexibility index (Phi) is 5.07. The summed E-state index contributed by atoms with van der Waals surface area (Å²) in [5.74, 6) is 0.926. The zero-order valence-electron chi connectivity index (χ0n) is 12.7. The van der Waals surface area contributed by atoms with E-state index in [1.54, 1.807) is 6.92 Å². The van der Waals surface area contributed by atoms with Gasteiger partial charge in [-0.05, 0) is 38.3 Å². The SMILES string of the molecule is CCCOc1ccccc1OCC(C)(NC1CC1)C(N)=O. The van der Waals surface area contributed by atoms with Crippen molar-refractivity contribution < 1.29 is 14.3 Å². The van der Waals surface area contributed by atoms with Gasteiger partial charge in [-0.25, -0.2) is 0 Å². The molecule has 1 saturated carbocycles. The summed E-state index contributed by atoms with van der Waals surface area (Å²) >= 11 is 0. The third-order valence-corrected chi connectivity index (χ3v) is 3.47. The average Bonchev–Trinajstić information content (AvgIpc) is 3.27. The van der Waals surface area contributed by atoms with Gasteiger partial charge in [0.25, 0.3) is 0 Å². The van der Waals surface area contributed by atoms with Crippen molar-refractivity contribution >= 4 is 5.91 Å². The first kappa shape index (κ1) is 15.6. The number of carbonyl (C=O) groups is 1. The largest absolute Gasteiger partial charge is 0.490 e. The summed E-state index contributed by atoms with van der Waals surface area (Å²) in [6.45, 7) is 4.65. The highest BCUT2D eigenvalue weighted by Crippen LogP contribution is 2.28. The van der Waals surface area contributed by atoms with Crippen LogP contribution in [-0.4, -0.2) is 30.7 Å². The third kappa shape index (κ3) is 4.36. The number of hydrogen-bond donors (Lipinski definition) is 2. The van der Waals surface area contributed by atoms with Gasteiger partial charge in [0, 0.05) is 6.04 Å². The fraction of sp³-hybridized carbons (Fsp3) is 0.562. The van der Waals surface area contributed by atoms with E-state index in [1.807, 2.05) is 31.2 Å². The quantitative estimate of drug-likeness (QED) is 0.728. The van der Waals surface area contributed by atoms with Crippen LogP contribution in [0.3, 0.4) is 0 Å². The van der Waals surface area contributed by atoms with E-state index in [9.17, 15) is 4.79 Å². The van der Waals surface area contributed by atoms with E-state index in [4.69, 9.17) is 15.2 Å². The number of rotatable bonds is 9. The van der Waals surface area contributed by atoms with Crippen LogP contribution in [0.15, 0.2) is 24.3 Å². The Balaban J connectivity index is 2.01. The Morgan fingerprint density at radius 2 is 1.95 bits per heavy atom. The maximum Gasteiger partial charge on any atom is 0.240 e. The van der Waals surface area contributed by atoms with Crippen molar-refractivity contribution in [2.24, 2.45) is 5.73 Å². The van der Waals surface area contributed by atoms with Gasteiger partial charge in [-0.1, -0.05) is 19.1 Å². The molecule has 116 valence electrons. The minimum Gasteiger partial charge on any atom is -0.490 e. The van der Waals surface area contributed by atoms with E-state index in [2.05, 4.69) is 5.32 Å². The molecule has 1 fully saturated rings. The lowest BCUT2D eigenvalue weighted by Gasteiger charge is -2.28. The zero-order chi connectivity index (χ0) is 15.3. The monoisotopic (exact) mass is 292 g/mol. The van der Waals surface area contributed by atoms with E-state index < -0.39 is 11.4 Å². The summed E-state index contributed by atoms with van der Waals surface area (Å²) in [5, 5.41) is 3.26. The second-order valence-electron chi connectivity index (χ2n) is 5.70. The van der Waals surface area contributed by atoms with E-state index in [1.165, 1.54) is 0 Å². The summed E-state index contributed by atoms with van der Waals surface area (Å²) in [6, 6.07) is 7.85. The summed E-state index contributed by atoms with van der Waals surface area (Å²) in [6.07, 6.45) is 3.09. The van der Waals surface area contributed by atoms with E-state index >= 15 is 0 Å². The number of para-hydroxylation sites is 2. The molecule has 0 spiro atoms. The second kappa shape index (κ2) is 6.80. The van der Waals surface area contributed by atoms with Crippen LogP contribution in [0.1, 0.15) is 33.1 Å². The molecule has 1 unspecified atom stereocenters. The summed E-state index contributed by atoms with van der Waals surface area (Å²) < 4.78 is 11.4. The van der Waals surface area contributed by atoms with Crippen LogP contribution in [0, 0.1) is 0 Å². The molecular formula is C16H24N2O3. The molecular weight excluding hydrogens is 268 g/mol. The molecule has 0 saturated heterocycles. The van der Waals surface area contributed by atoms with Gasteiger partial charge < -0.3 is 15.2 Å². The normalized spacial score (nSPS) is 17.0. The van der Waals surface area contributed by atoms with Crippen molar-refractivity contribution in [1.29, 1.82) is 0 Å². The number of benzene rings is 1. The molecule has 21 heavy (non-hydrogen) atoms. The molecule has 3 N–H and O–H groups in total. The molecule has 5 nitrogen and oxygen atoms in total. The fourth-order valence-electron chi connectivity index (χ4n) is 1.98. The van der Waals surface area contributed by atoms with Gasteiger partial charge in [-0.2, -0.15) is 0 Å². The van der Waals surface area contributed by atoms with Crippen molar-refractivity contribution in [3.63, 3.8) is 0 Å². The van der Waals surface area contributed by atoms with Crippen molar-refractivity contribution in [2.45, 2.75) is 44.7 Å². The van der Waals surface area contributed by atoms with Gasteiger partial charge in [-0.15, -0.1) is 0 Å². The molecule has 5 heteroatoms. The molecule has 1 aromatic rings. The highest BCUT2D eigenvalue weighted by Gasteiger charge is 2.38. The Morgan fingerprint density at radius 1 is 1.33 bits per heavy atom. The first-order valence-corrected chi connectivity index (χ1v) is 7.47. The van der Waals surface area contributed by atoms with Crippen LogP contribution in [0.5, 0.6) is 11.5 Å². The molecule has 1 amide bonds. The van der Waals surface area contributed by atoms with Gasteiger partial charge in [0.2, 0.25) is 5.91 Å². The number of primary amides is 1. The Labute approximate surface area is 125 Å². The molecule has 0 aromatic heterocycles. The average molecular weight is 292 g/mol. The molecule has 1 aliphatic rings. The molecule has 1 aromatic carbocycles. The predicted octanol–water partition coefficient (Wildman–Crippen LogP) is 1.85. The van der Waals surface area contributed by atoms with Crippen LogP contribution < -0.4 is 20.5 Å². The van der Waals surface area contributed by atoms with Crippen LogP contribution in [0.2, 0.25) is 0 Å². The minimum absolute atomic E-state index is 0.186. The van der Waals surface area contributed by atoms with Crippen molar-refractivity contribution in [2.75, 3.05) is 13.2 Å². The highest BCUT2D eigenvalue weighted by atomic mass is 16.5. The number of hydrogen-bond acceptors (Lipinski definition) is 4. The zero-order valence-corrected chi connectivity index (χ0v) is 12.7. The Hall–Kier alpha value is -1.75. The smallest absolute Gasteiger partial charge is 0.240 e. The number of nitrogens with one attached hydrogen (secondary N) is 1. The number of amides is 1. The van der Waals surface area contributed by atoms with Gasteiger partial charge >= 0.3 is 0 Å². The van der Waals surface area contributed by atoms with Crippen molar-refractivity contribution in [3.05, 3.63) is 24.3 Å². The molecule has 2 rings (SSSR count). The van der Waals surface area contributed by atoms with Crippen molar-refractivity contribution in [3.8, 4) is 11.5 Å². The Bertz CT molecular complexity index is 488. The van der Waals surface area contributed by atoms with Gasteiger partial charge in [0.05, 0.1) is 6.61 Å².